The molecule has 25 heavy (non-hydrogen) atoms. The van der Waals surface area contributed by atoms with Crippen LogP contribution in [0.2, 0.25) is 18.3 Å². The fourth-order valence-corrected chi connectivity index (χ4v) is 18.5. The SMILES string of the molecule is CCC[CH2][Sn](/[CH]=C/C(C)(C)c1ccc(Cl)cc1)([CH2]CCC)[CH2]CCC. The second-order valence-electron chi connectivity index (χ2n) is 8.23. The van der Waals surface area contributed by atoms with Crippen LogP contribution in [-0.2, 0) is 5.41 Å². The molecule has 0 unspecified atom stereocenters. The maximum absolute atomic E-state index is 6.08. The molecule has 1 aromatic carbocycles. The number of allylic oxidation sites excluding steroid dienone is 1. The minimum absolute atomic E-state index is 0.0946. The van der Waals surface area contributed by atoms with Crippen LogP contribution in [0.5, 0.6) is 0 Å². The van der Waals surface area contributed by atoms with Crippen molar-refractivity contribution in [2.75, 3.05) is 0 Å². The van der Waals surface area contributed by atoms with E-state index in [1.807, 2.05) is 12.1 Å². The molecule has 0 aliphatic rings. The summed E-state index contributed by atoms with van der Waals surface area (Å²) < 4.78 is 7.42. The molecule has 0 aliphatic heterocycles. The normalized spacial score (nSPS) is 12.9. The Balaban J connectivity index is 3.05. The van der Waals surface area contributed by atoms with Gasteiger partial charge in [0.15, 0.2) is 0 Å². The van der Waals surface area contributed by atoms with Crippen LogP contribution in [-0.4, -0.2) is 18.4 Å². The molecule has 0 saturated carbocycles. The summed E-state index contributed by atoms with van der Waals surface area (Å²) in [7, 11) is 0. The summed E-state index contributed by atoms with van der Waals surface area (Å²) in [6.07, 6.45) is 10.9. The molecule has 0 saturated heterocycles. The zero-order valence-electron chi connectivity index (χ0n) is 17.2. The van der Waals surface area contributed by atoms with Crippen LogP contribution in [0.15, 0.2) is 34.4 Å². The molecule has 1 aromatic rings. The molecule has 0 heterocycles. The van der Waals surface area contributed by atoms with Gasteiger partial charge in [-0.15, -0.1) is 0 Å². The van der Waals surface area contributed by atoms with Gasteiger partial charge in [0.2, 0.25) is 0 Å². The summed E-state index contributed by atoms with van der Waals surface area (Å²) in [5.41, 5.74) is 1.46. The van der Waals surface area contributed by atoms with Crippen LogP contribution in [0.3, 0.4) is 0 Å². The van der Waals surface area contributed by atoms with E-state index in [4.69, 9.17) is 11.6 Å². The van der Waals surface area contributed by atoms with Gasteiger partial charge in [-0.2, -0.15) is 0 Å². The Hall–Kier alpha value is 0.0487. The number of rotatable bonds is 12. The molecule has 0 bridgehead atoms. The number of hydrogen-bond donors (Lipinski definition) is 0. The topological polar surface area (TPSA) is 0 Å². The standard InChI is InChI=1S/C11H12Cl.3C4H9.Sn/c1-4-11(2,3)9-5-7-10(12)8-6-9;3*1-3-4-2;/h1,4-8H,2-3H3;3*1,3-4H2,2H3;. The summed E-state index contributed by atoms with van der Waals surface area (Å²) >= 11 is 3.89. The van der Waals surface area contributed by atoms with Crippen molar-refractivity contribution in [1.82, 2.24) is 0 Å². The molecule has 0 spiro atoms. The summed E-state index contributed by atoms with van der Waals surface area (Å²) in [6.45, 7) is 11.7. The van der Waals surface area contributed by atoms with Gasteiger partial charge in [0, 0.05) is 0 Å². The van der Waals surface area contributed by atoms with Crippen molar-refractivity contribution >= 4 is 30.0 Å². The first-order valence-corrected chi connectivity index (χ1v) is 18.4. The molecule has 0 aromatic heterocycles. The second kappa shape index (κ2) is 11.7. The molecular formula is C23H39ClSn. The van der Waals surface area contributed by atoms with E-state index in [0.29, 0.717) is 0 Å². The van der Waals surface area contributed by atoms with E-state index in [2.05, 4.69) is 56.9 Å². The molecule has 0 nitrogen and oxygen atoms in total. The van der Waals surface area contributed by atoms with Crippen LogP contribution >= 0.6 is 11.6 Å². The number of hydrogen-bond acceptors (Lipinski definition) is 0. The van der Waals surface area contributed by atoms with Gasteiger partial charge < -0.3 is 0 Å². The number of halogens is 1. The van der Waals surface area contributed by atoms with E-state index < -0.39 is 18.4 Å². The van der Waals surface area contributed by atoms with E-state index in [1.54, 1.807) is 13.3 Å². The number of benzene rings is 1. The Morgan fingerprint density at radius 3 is 1.68 bits per heavy atom. The monoisotopic (exact) mass is 470 g/mol. The average Bonchev–Trinajstić information content (AvgIpc) is 2.61. The van der Waals surface area contributed by atoms with Gasteiger partial charge in [0.05, 0.1) is 0 Å². The quantitative estimate of drug-likeness (QED) is 0.269. The van der Waals surface area contributed by atoms with Gasteiger partial charge in [-0.1, -0.05) is 0 Å². The summed E-state index contributed by atoms with van der Waals surface area (Å²) in [6, 6.07) is 8.42. The summed E-state index contributed by atoms with van der Waals surface area (Å²) in [5, 5.41) is 0.825. The second-order valence-corrected chi connectivity index (χ2v) is 21.7. The van der Waals surface area contributed by atoms with Crippen molar-refractivity contribution in [2.45, 2.75) is 91.9 Å². The molecule has 0 fully saturated rings. The van der Waals surface area contributed by atoms with Crippen molar-refractivity contribution < 1.29 is 0 Å². The van der Waals surface area contributed by atoms with E-state index in [1.165, 1.54) is 44.1 Å². The summed E-state index contributed by atoms with van der Waals surface area (Å²) in [4.78, 5) is 0. The Labute approximate surface area is 166 Å². The predicted octanol–water partition coefficient (Wildman–Crippen LogP) is 8.56. The summed E-state index contributed by atoms with van der Waals surface area (Å²) in [5.74, 6) is 0. The molecule has 0 radical (unpaired) electrons. The third-order valence-corrected chi connectivity index (χ3v) is 19.8. The Bertz CT molecular complexity index is 480. The fraction of sp³-hybridized carbons (Fsp3) is 0.652. The van der Waals surface area contributed by atoms with E-state index in [9.17, 15) is 0 Å². The van der Waals surface area contributed by atoms with Crippen molar-refractivity contribution in [3.8, 4) is 0 Å². The molecular weight excluding hydrogens is 430 g/mol. The van der Waals surface area contributed by atoms with E-state index in [0.717, 1.165) is 5.02 Å². The van der Waals surface area contributed by atoms with Crippen molar-refractivity contribution in [3.63, 3.8) is 0 Å². The van der Waals surface area contributed by atoms with E-state index >= 15 is 0 Å². The molecule has 0 amide bonds. The van der Waals surface area contributed by atoms with Crippen LogP contribution < -0.4 is 0 Å². The zero-order chi connectivity index (χ0) is 18.8. The van der Waals surface area contributed by atoms with Gasteiger partial charge >= 0.3 is 167 Å². The zero-order valence-corrected chi connectivity index (χ0v) is 20.8. The van der Waals surface area contributed by atoms with Crippen LogP contribution in [0.1, 0.15) is 78.7 Å². The fourth-order valence-electron chi connectivity index (χ4n) is 3.57. The van der Waals surface area contributed by atoms with Crippen molar-refractivity contribution in [1.29, 1.82) is 0 Å². The third kappa shape index (κ3) is 8.08. The van der Waals surface area contributed by atoms with Crippen molar-refractivity contribution in [3.05, 3.63) is 45.0 Å². The first-order valence-electron chi connectivity index (χ1n) is 10.4. The molecule has 0 atom stereocenters. The van der Waals surface area contributed by atoms with E-state index in [-0.39, 0.29) is 5.41 Å². The average molecular weight is 470 g/mol. The van der Waals surface area contributed by atoms with Gasteiger partial charge in [-0.3, -0.25) is 0 Å². The van der Waals surface area contributed by atoms with Gasteiger partial charge in [-0.05, 0) is 0 Å². The molecule has 0 aliphatic carbocycles. The van der Waals surface area contributed by atoms with Crippen molar-refractivity contribution in [2.24, 2.45) is 0 Å². The van der Waals surface area contributed by atoms with Crippen LogP contribution in [0.4, 0.5) is 0 Å². The Kier molecular flexibility index (Phi) is 10.8. The first-order chi connectivity index (χ1) is 11.9. The molecule has 1 rings (SSSR count). The molecule has 142 valence electrons. The Morgan fingerprint density at radius 1 is 0.840 bits per heavy atom. The first kappa shape index (κ1) is 23.1. The molecule has 0 N–H and O–H groups in total. The van der Waals surface area contributed by atoms with Gasteiger partial charge in [0.25, 0.3) is 0 Å². The number of unbranched alkanes of at least 4 members (excludes halogenated alkanes) is 3. The van der Waals surface area contributed by atoms with Gasteiger partial charge in [0.1, 0.15) is 0 Å². The van der Waals surface area contributed by atoms with Crippen LogP contribution in [0.25, 0.3) is 0 Å². The van der Waals surface area contributed by atoms with Gasteiger partial charge in [-0.25, -0.2) is 0 Å². The Morgan fingerprint density at radius 2 is 1.28 bits per heavy atom. The maximum atomic E-state index is 6.08. The van der Waals surface area contributed by atoms with Crippen LogP contribution in [0, 0.1) is 0 Å². The minimum atomic E-state index is -2.19. The predicted molar refractivity (Wildman–Crippen MR) is 119 cm³/mol. The molecule has 2 heteroatoms. The third-order valence-electron chi connectivity index (χ3n) is 5.53.